The lowest BCUT2D eigenvalue weighted by Crippen LogP contribution is -2.43. The summed E-state index contributed by atoms with van der Waals surface area (Å²) >= 11 is 0. The normalized spacial score (nSPS) is 23.4. The molecule has 1 heterocycles. The summed E-state index contributed by atoms with van der Waals surface area (Å²) in [5.74, 6) is 0.268. The predicted molar refractivity (Wildman–Crippen MR) is 77.7 cm³/mol. The van der Waals surface area contributed by atoms with Gasteiger partial charge in [-0.1, -0.05) is 12.1 Å². The second kappa shape index (κ2) is 5.83. The van der Waals surface area contributed by atoms with E-state index in [1.807, 2.05) is 32.9 Å². The lowest BCUT2D eigenvalue weighted by atomic mass is 9.87. The van der Waals surface area contributed by atoms with Crippen LogP contribution in [-0.4, -0.2) is 30.3 Å². The van der Waals surface area contributed by atoms with Crippen LogP contribution in [0.1, 0.15) is 38.7 Å². The summed E-state index contributed by atoms with van der Waals surface area (Å²) in [6.07, 6.45) is 0.771. The van der Waals surface area contributed by atoms with Crippen LogP contribution in [0.15, 0.2) is 24.3 Å². The number of carbonyl (C=O) groups is 1. The molecule has 0 aliphatic carbocycles. The monoisotopic (exact) mass is 277 g/mol. The number of nitrogens with one attached hydrogen (secondary N) is 1. The Morgan fingerprint density at radius 2 is 1.95 bits per heavy atom. The predicted octanol–water partition coefficient (Wildman–Crippen LogP) is 2.43. The van der Waals surface area contributed by atoms with Gasteiger partial charge in [0.1, 0.15) is 11.9 Å². The number of ether oxygens (including phenoxy) is 1. The van der Waals surface area contributed by atoms with Gasteiger partial charge in [-0.3, -0.25) is 4.79 Å². The van der Waals surface area contributed by atoms with Crippen molar-refractivity contribution in [2.45, 2.75) is 39.2 Å². The maximum Gasteiger partial charge on any atom is 0.311 e. The highest BCUT2D eigenvalue weighted by Crippen LogP contribution is 2.30. The Hall–Kier alpha value is -1.55. The van der Waals surface area contributed by atoms with E-state index in [9.17, 15) is 9.90 Å². The molecule has 1 saturated heterocycles. The first-order chi connectivity index (χ1) is 9.38. The van der Waals surface area contributed by atoms with Crippen LogP contribution in [0.4, 0.5) is 0 Å². The zero-order chi connectivity index (χ0) is 14.8. The molecular formula is C16H23NO3. The van der Waals surface area contributed by atoms with Gasteiger partial charge in [0.2, 0.25) is 0 Å². The number of hydrogen-bond acceptors (Lipinski definition) is 4. The molecule has 2 N–H and O–H groups in total. The van der Waals surface area contributed by atoms with Crippen LogP contribution in [0, 0.1) is 5.41 Å². The van der Waals surface area contributed by atoms with E-state index in [1.54, 1.807) is 12.1 Å². The summed E-state index contributed by atoms with van der Waals surface area (Å²) in [5, 5.41) is 12.7. The maximum absolute atomic E-state index is 12.1. The maximum atomic E-state index is 12.1. The number of hydrogen-bond donors (Lipinski definition) is 2. The third kappa shape index (κ3) is 3.51. The Labute approximate surface area is 120 Å². The van der Waals surface area contributed by atoms with Gasteiger partial charge < -0.3 is 15.2 Å². The largest absolute Gasteiger partial charge is 0.508 e. The summed E-state index contributed by atoms with van der Waals surface area (Å²) < 4.78 is 5.69. The van der Waals surface area contributed by atoms with Crippen LogP contribution in [0.2, 0.25) is 0 Å². The topological polar surface area (TPSA) is 58.6 Å². The van der Waals surface area contributed by atoms with E-state index in [1.165, 1.54) is 0 Å². The van der Waals surface area contributed by atoms with Crippen molar-refractivity contribution in [1.82, 2.24) is 5.32 Å². The Morgan fingerprint density at radius 1 is 1.30 bits per heavy atom. The van der Waals surface area contributed by atoms with Gasteiger partial charge in [-0.05, 0) is 51.4 Å². The fourth-order valence-corrected chi connectivity index (χ4v) is 2.37. The van der Waals surface area contributed by atoms with Gasteiger partial charge >= 0.3 is 5.97 Å². The van der Waals surface area contributed by atoms with Crippen LogP contribution in [0.3, 0.4) is 0 Å². The van der Waals surface area contributed by atoms with Gasteiger partial charge in [-0.15, -0.1) is 0 Å². The zero-order valence-corrected chi connectivity index (χ0v) is 12.3. The molecule has 4 heteroatoms. The zero-order valence-electron chi connectivity index (χ0n) is 12.3. The Balaban J connectivity index is 2.13. The number of phenols is 1. The van der Waals surface area contributed by atoms with E-state index in [0.29, 0.717) is 6.54 Å². The van der Waals surface area contributed by atoms with E-state index >= 15 is 0 Å². The molecule has 1 aliphatic rings. The number of carbonyl (C=O) groups excluding carboxylic acids is 1. The molecule has 4 nitrogen and oxygen atoms in total. The van der Waals surface area contributed by atoms with Crippen LogP contribution in [-0.2, 0) is 9.53 Å². The van der Waals surface area contributed by atoms with Crippen LogP contribution in [0.5, 0.6) is 5.75 Å². The molecule has 1 aromatic carbocycles. The van der Waals surface area contributed by atoms with Crippen LogP contribution in [0.25, 0.3) is 0 Å². The lowest BCUT2D eigenvalue weighted by Gasteiger charge is -2.33. The number of aromatic hydroxyl groups is 1. The Morgan fingerprint density at radius 3 is 2.55 bits per heavy atom. The first-order valence-corrected chi connectivity index (χ1v) is 7.08. The van der Waals surface area contributed by atoms with Crippen molar-refractivity contribution in [3.63, 3.8) is 0 Å². The van der Waals surface area contributed by atoms with E-state index in [0.717, 1.165) is 18.5 Å². The summed E-state index contributed by atoms with van der Waals surface area (Å²) in [6, 6.07) is 7.17. The second-order valence-electron chi connectivity index (χ2n) is 6.38. The Bertz CT molecular complexity index is 462. The lowest BCUT2D eigenvalue weighted by molar-refractivity contribution is -0.160. The molecule has 0 aromatic heterocycles. The smallest absolute Gasteiger partial charge is 0.311 e. The first-order valence-electron chi connectivity index (χ1n) is 7.08. The average Bonchev–Trinajstić information content (AvgIpc) is 2.39. The molecule has 0 amide bonds. The van der Waals surface area contributed by atoms with Crippen molar-refractivity contribution in [2.75, 3.05) is 13.1 Å². The number of phenolic OH excluding ortho intramolecular Hbond substituents is 1. The highest BCUT2D eigenvalue weighted by atomic mass is 16.5. The van der Waals surface area contributed by atoms with Crippen LogP contribution >= 0.6 is 0 Å². The average molecular weight is 277 g/mol. The molecule has 1 aliphatic heterocycles. The molecule has 1 aromatic rings. The van der Waals surface area contributed by atoms with Crippen molar-refractivity contribution < 1.29 is 14.6 Å². The minimum absolute atomic E-state index is 0.153. The van der Waals surface area contributed by atoms with E-state index in [4.69, 9.17) is 4.74 Å². The highest BCUT2D eigenvalue weighted by Gasteiger charge is 2.33. The van der Waals surface area contributed by atoms with E-state index in [-0.39, 0.29) is 23.7 Å². The van der Waals surface area contributed by atoms with E-state index in [2.05, 4.69) is 5.32 Å². The quantitative estimate of drug-likeness (QED) is 0.815. The van der Waals surface area contributed by atoms with Gasteiger partial charge in [0.15, 0.2) is 0 Å². The fraction of sp³-hybridized carbons (Fsp3) is 0.562. The molecule has 0 unspecified atom stereocenters. The number of esters is 1. The molecule has 1 fully saturated rings. The van der Waals surface area contributed by atoms with Gasteiger partial charge in [-0.2, -0.15) is 0 Å². The van der Waals surface area contributed by atoms with Crippen molar-refractivity contribution in [3.8, 4) is 5.75 Å². The fourth-order valence-electron chi connectivity index (χ4n) is 2.37. The molecule has 0 bridgehead atoms. The molecule has 0 saturated carbocycles. The minimum Gasteiger partial charge on any atom is -0.508 e. The molecule has 0 spiro atoms. The summed E-state index contributed by atoms with van der Waals surface area (Å²) in [5.41, 5.74) is 0.618. The number of rotatable bonds is 2. The van der Waals surface area contributed by atoms with Gasteiger partial charge in [-0.25, -0.2) is 0 Å². The third-order valence-electron chi connectivity index (χ3n) is 3.62. The summed E-state index contributed by atoms with van der Waals surface area (Å²) in [6.45, 7) is 7.17. The van der Waals surface area contributed by atoms with Crippen molar-refractivity contribution in [3.05, 3.63) is 29.8 Å². The van der Waals surface area contributed by atoms with Crippen molar-refractivity contribution in [2.24, 2.45) is 5.41 Å². The highest BCUT2D eigenvalue weighted by molar-refractivity contribution is 5.75. The Kier molecular flexibility index (Phi) is 4.33. The van der Waals surface area contributed by atoms with Crippen molar-refractivity contribution in [1.29, 1.82) is 0 Å². The van der Waals surface area contributed by atoms with E-state index < -0.39 is 5.41 Å². The second-order valence-corrected chi connectivity index (χ2v) is 6.38. The minimum atomic E-state index is -0.489. The molecule has 110 valence electrons. The SMILES string of the molecule is CC(C)(C)C(=O)O[C@@H]1CNCC[C@H]1c1ccc(O)cc1. The summed E-state index contributed by atoms with van der Waals surface area (Å²) in [7, 11) is 0. The van der Waals surface area contributed by atoms with Gasteiger partial charge in [0.25, 0.3) is 0 Å². The first kappa shape index (κ1) is 14.9. The molecule has 0 radical (unpaired) electrons. The molecule has 2 rings (SSSR count). The molecular weight excluding hydrogens is 254 g/mol. The third-order valence-corrected chi connectivity index (χ3v) is 3.62. The molecule has 20 heavy (non-hydrogen) atoms. The molecule has 2 atom stereocenters. The summed E-state index contributed by atoms with van der Waals surface area (Å²) in [4.78, 5) is 12.1. The number of piperidine rings is 1. The van der Waals surface area contributed by atoms with Crippen molar-refractivity contribution >= 4 is 5.97 Å². The van der Waals surface area contributed by atoms with Crippen LogP contribution < -0.4 is 5.32 Å². The standard InChI is InChI=1S/C16H23NO3/c1-16(2,3)15(19)20-14-10-17-9-8-13(14)11-4-6-12(18)7-5-11/h4-7,13-14,17-18H,8-10H2,1-3H3/t13-,14+/m0/s1. The van der Waals surface area contributed by atoms with Gasteiger partial charge in [0, 0.05) is 12.5 Å². The van der Waals surface area contributed by atoms with Gasteiger partial charge in [0.05, 0.1) is 5.41 Å². The number of benzene rings is 1.